The molecule has 0 aromatic heterocycles. The van der Waals surface area contributed by atoms with Crippen molar-refractivity contribution in [1.29, 1.82) is 0 Å². The van der Waals surface area contributed by atoms with Crippen LogP contribution in [0.15, 0.2) is 18.2 Å². The summed E-state index contributed by atoms with van der Waals surface area (Å²) >= 11 is 0. The van der Waals surface area contributed by atoms with Crippen LogP contribution in [0.2, 0.25) is 0 Å². The average molecular weight is 219 g/mol. The van der Waals surface area contributed by atoms with Crippen molar-refractivity contribution in [3.8, 4) is 0 Å². The molecule has 88 valence electrons. The summed E-state index contributed by atoms with van der Waals surface area (Å²) in [5.74, 6) is 0. The Bertz CT molecular complexity index is 365. The molecule has 0 unspecified atom stereocenters. The number of aryl methyl sites for hydroxylation is 1. The highest BCUT2D eigenvalue weighted by Crippen LogP contribution is 2.24. The second-order valence-corrected chi connectivity index (χ2v) is 4.92. The molecule has 1 saturated heterocycles. The largest absolute Gasteiger partial charge is 0.399 e. The first-order chi connectivity index (χ1) is 7.56. The molecule has 0 amide bonds. The Hall–Kier alpha value is -1.22. The molecule has 0 spiro atoms. The summed E-state index contributed by atoms with van der Waals surface area (Å²) in [6, 6.07) is 7.25. The predicted molar refractivity (Wildman–Crippen MR) is 69.9 cm³/mol. The lowest BCUT2D eigenvalue weighted by molar-refractivity contribution is 0.407. The maximum atomic E-state index is 5.78. The third-order valence-electron chi connectivity index (χ3n) is 3.12. The van der Waals surface area contributed by atoms with Gasteiger partial charge in [-0.15, -0.1) is 0 Å². The molecule has 1 aliphatic rings. The lowest BCUT2D eigenvalue weighted by atomic mass is 10.1. The van der Waals surface area contributed by atoms with E-state index in [0.717, 1.165) is 18.8 Å². The fourth-order valence-corrected chi connectivity index (χ4v) is 2.56. The van der Waals surface area contributed by atoms with Crippen LogP contribution in [0.5, 0.6) is 0 Å². The maximum absolute atomic E-state index is 5.78. The summed E-state index contributed by atoms with van der Waals surface area (Å²) in [6.07, 6.45) is 0. The first-order valence-electron chi connectivity index (χ1n) is 5.93. The van der Waals surface area contributed by atoms with Crippen LogP contribution in [0.1, 0.15) is 19.4 Å². The van der Waals surface area contributed by atoms with Gasteiger partial charge in [0.15, 0.2) is 0 Å². The van der Waals surface area contributed by atoms with Gasteiger partial charge in [0.05, 0.1) is 0 Å². The van der Waals surface area contributed by atoms with E-state index in [2.05, 4.69) is 37.1 Å². The number of benzene rings is 1. The quantitative estimate of drug-likeness (QED) is 0.707. The molecule has 3 N–H and O–H groups in total. The predicted octanol–water partition coefficient (Wildman–Crippen LogP) is 1.76. The van der Waals surface area contributed by atoms with Crippen molar-refractivity contribution in [3.05, 3.63) is 23.8 Å². The standard InChI is InChI=1S/C13H21N3/c1-9-6-12(14)4-5-13(9)16-7-10(2)15-11(3)8-16/h4-6,10-11,15H,7-8,14H2,1-3H3/t10-,11+. The minimum atomic E-state index is 0.542. The molecular formula is C13H21N3. The number of hydrogen-bond acceptors (Lipinski definition) is 3. The molecular weight excluding hydrogens is 198 g/mol. The Morgan fingerprint density at radius 1 is 1.25 bits per heavy atom. The van der Waals surface area contributed by atoms with E-state index in [-0.39, 0.29) is 0 Å². The second-order valence-electron chi connectivity index (χ2n) is 4.92. The maximum Gasteiger partial charge on any atom is 0.0398 e. The molecule has 1 heterocycles. The van der Waals surface area contributed by atoms with Crippen LogP contribution in [0.3, 0.4) is 0 Å². The van der Waals surface area contributed by atoms with E-state index in [1.807, 2.05) is 12.1 Å². The van der Waals surface area contributed by atoms with Gasteiger partial charge in [-0.25, -0.2) is 0 Å². The summed E-state index contributed by atoms with van der Waals surface area (Å²) < 4.78 is 0. The van der Waals surface area contributed by atoms with Crippen molar-refractivity contribution in [2.24, 2.45) is 0 Å². The van der Waals surface area contributed by atoms with Crippen LogP contribution in [-0.4, -0.2) is 25.2 Å². The van der Waals surface area contributed by atoms with Crippen LogP contribution in [-0.2, 0) is 0 Å². The van der Waals surface area contributed by atoms with E-state index in [4.69, 9.17) is 5.73 Å². The molecule has 3 heteroatoms. The Morgan fingerprint density at radius 3 is 2.44 bits per heavy atom. The molecule has 0 aliphatic carbocycles. The third kappa shape index (κ3) is 2.30. The number of anilines is 2. The van der Waals surface area contributed by atoms with Crippen molar-refractivity contribution >= 4 is 11.4 Å². The SMILES string of the molecule is Cc1cc(N)ccc1N1C[C@@H](C)N[C@@H](C)C1. The van der Waals surface area contributed by atoms with E-state index in [0.29, 0.717) is 12.1 Å². The highest BCUT2D eigenvalue weighted by atomic mass is 15.2. The third-order valence-corrected chi connectivity index (χ3v) is 3.12. The number of nitrogen functional groups attached to an aromatic ring is 1. The van der Waals surface area contributed by atoms with Gasteiger partial charge in [-0.05, 0) is 44.5 Å². The number of hydrogen-bond donors (Lipinski definition) is 2. The minimum absolute atomic E-state index is 0.542. The second kappa shape index (κ2) is 4.34. The van der Waals surface area contributed by atoms with Gasteiger partial charge < -0.3 is 16.0 Å². The molecule has 0 bridgehead atoms. The van der Waals surface area contributed by atoms with E-state index in [1.165, 1.54) is 11.3 Å². The number of nitrogens with zero attached hydrogens (tertiary/aromatic N) is 1. The summed E-state index contributed by atoms with van der Waals surface area (Å²) in [5, 5.41) is 3.54. The average Bonchev–Trinajstić information content (AvgIpc) is 2.15. The number of piperazine rings is 1. The normalized spacial score (nSPS) is 25.8. The van der Waals surface area contributed by atoms with Crippen molar-refractivity contribution in [3.63, 3.8) is 0 Å². The van der Waals surface area contributed by atoms with E-state index in [1.54, 1.807) is 0 Å². The number of nitrogens with two attached hydrogens (primary N) is 1. The highest BCUT2D eigenvalue weighted by Gasteiger charge is 2.21. The van der Waals surface area contributed by atoms with Gasteiger partial charge in [0, 0.05) is 36.5 Å². The molecule has 0 saturated carbocycles. The Morgan fingerprint density at radius 2 is 1.88 bits per heavy atom. The van der Waals surface area contributed by atoms with Gasteiger partial charge in [-0.3, -0.25) is 0 Å². The van der Waals surface area contributed by atoms with Crippen molar-refractivity contribution in [1.82, 2.24) is 5.32 Å². The van der Waals surface area contributed by atoms with Gasteiger partial charge in [-0.1, -0.05) is 0 Å². The van der Waals surface area contributed by atoms with E-state index < -0.39 is 0 Å². The highest BCUT2D eigenvalue weighted by molar-refractivity contribution is 5.59. The molecule has 16 heavy (non-hydrogen) atoms. The molecule has 0 radical (unpaired) electrons. The molecule has 1 aliphatic heterocycles. The summed E-state index contributed by atoms with van der Waals surface area (Å²) in [7, 11) is 0. The van der Waals surface area contributed by atoms with Gasteiger partial charge >= 0.3 is 0 Å². The molecule has 2 rings (SSSR count). The number of nitrogens with one attached hydrogen (secondary N) is 1. The van der Waals surface area contributed by atoms with E-state index >= 15 is 0 Å². The minimum Gasteiger partial charge on any atom is -0.399 e. The fraction of sp³-hybridized carbons (Fsp3) is 0.538. The van der Waals surface area contributed by atoms with Crippen LogP contribution in [0.4, 0.5) is 11.4 Å². The lowest BCUT2D eigenvalue weighted by Gasteiger charge is -2.38. The van der Waals surface area contributed by atoms with Crippen molar-refractivity contribution in [2.45, 2.75) is 32.9 Å². The van der Waals surface area contributed by atoms with E-state index in [9.17, 15) is 0 Å². The van der Waals surface area contributed by atoms with Crippen molar-refractivity contribution in [2.75, 3.05) is 23.7 Å². The van der Waals surface area contributed by atoms with Crippen LogP contribution < -0.4 is 16.0 Å². The molecule has 1 fully saturated rings. The summed E-state index contributed by atoms with van der Waals surface area (Å²) in [4.78, 5) is 2.45. The first kappa shape index (κ1) is 11.3. The Kier molecular flexibility index (Phi) is 3.06. The summed E-state index contributed by atoms with van der Waals surface area (Å²) in [5.41, 5.74) is 9.21. The smallest absolute Gasteiger partial charge is 0.0398 e. The number of rotatable bonds is 1. The topological polar surface area (TPSA) is 41.3 Å². The Labute approximate surface area is 97.6 Å². The molecule has 2 atom stereocenters. The lowest BCUT2D eigenvalue weighted by Crippen LogP contribution is -2.54. The van der Waals surface area contributed by atoms with Gasteiger partial charge in [-0.2, -0.15) is 0 Å². The monoisotopic (exact) mass is 219 g/mol. The van der Waals surface area contributed by atoms with Gasteiger partial charge in [0.2, 0.25) is 0 Å². The zero-order valence-electron chi connectivity index (χ0n) is 10.3. The van der Waals surface area contributed by atoms with Gasteiger partial charge in [0.1, 0.15) is 0 Å². The zero-order chi connectivity index (χ0) is 11.7. The van der Waals surface area contributed by atoms with Crippen molar-refractivity contribution < 1.29 is 0 Å². The van der Waals surface area contributed by atoms with Crippen LogP contribution in [0.25, 0.3) is 0 Å². The fourth-order valence-electron chi connectivity index (χ4n) is 2.56. The molecule has 1 aromatic carbocycles. The first-order valence-corrected chi connectivity index (χ1v) is 5.93. The van der Waals surface area contributed by atoms with Gasteiger partial charge in [0.25, 0.3) is 0 Å². The molecule has 3 nitrogen and oxygen atoms in total. The van der Waals surface area contributed by atoms with Crippen LogP contribution >= 0.6 is 0 Å². The Balaban J connectivity index is 2.23. The zero-order valence-corrected chi connectivity index (χ0v) is 10.3. The molecule has 1 aromatic rings. The van der Waals surface area contributed by atoms with Crippen LogP contribution in [0, 0.1) is 6.92 Å². The summed E-state index contributed by atoms with van der Waals surface area (Å²) in [6.45, 7) is 8.72.